The summed E-state index contributed by atoms with van der Waals surface area (Å²) in [7, 11) is 0. The fourth-order valence-corrected chi connectivity index (χ4v) is 2.31. The van der Waals surface area contributed by atoms with E-state index in [0.717, 1.165) is 17.0 Å². The van der Waals surface area contributed by atoms with E-state index < -0.39 is 36.0 Å². The molecule has 0 atom stereocenters. The van der Waals surface area contributed by atoms with Gasteiger partial charge in [-0.05, 0) is 26.0 Å². The summed E-state index contributed by atoms with van der Waals surface area (Å²) in [6.07, 6.45) is 0.131. The number of nitrogens with zero attached hydrogens (tertiary/aromatic N) is 2. The molecule has 0 aromatic heterocycles. The van der Waals surface area contributed by atoms with Gasteiger partial charge in [-0.15, -0.1) is 0 Å². The van der Waals surface area contributed by atoms with Crippen molar-refractivity contribution in [1.29, 1.82) is 0 Å². The molecule has 1 aliphatic rings. The number of amides is 4. The molecule has 4 amide bonds. The van der Waals surface area contributed by atoms with Crippen molar-refractivity contribution in [2.45, 2.75) is 26.3 Å². The van der Waals surface area contributed by atoms with E-state index in [0.29, 0.717) is 12.6 Å². The highest BCUT2D eigenvalue weighted by molar-refractivity contribution is 6.02. The predicted molar refractivity (Wildman–Crippen MR) is 78.6 cm³/mol. The molecular weight excluding hydrogens is 308 g/mol. The number of nitrogens with one attached hydrogen (secondary N) is 1. The Morgan fingerprint density at radius 3 is 2.39 bits per heavy atom. The number of imide groups is 1. The lowest BCUT2D eigenvalue weighted by molar-refractivity contribution is -0.134. The summed E-state index contributed by atoms with van der Waals surface area (Å²) in [5.74, 6) is -2.83. The number of urea groups is 1. The van der Waals surface area contributed by atoms with Crippen molar-refractivity contribution in [1.82, 2.24) is 9.80 Å². The molecule has 1 aromatic carbocycles. The second-order valence-corrected chi connectivity index (χ2v) is 5.51. The molecule has 1 saturated heterocycles. The van der Waals surface area contributed by atoms with Crippen molar-refractivity contribution in [3.05, 3.63) is 29.8 Å². The highest BCUT2D eigenvalue weighted by Gasteiger charge is 2.34. The maximum Gasteiger partial charge on any atom is 0.327 e. The van der Waals surface area contributed by atoms with E-state index >= 15 is 0 Å². The summed E-state index contributed by atoms with van der Waals surface area (Å²) in [6, 6.07) is 1.92. The first kappa shape index (κ1) is 16.9. The smallest absolute Gasteiger partial charge is 0.324 e. The third-order valence-electron chi connectivity index (χ3n) is 3.42. The summed E-state index contributed by atoms with van der Waals surface area (Å²) in [6.45, 7) is 3.42. The van der Waals surface area contributed by atoms with Crippen molar-refractivity contribution >= 4 is 23.5 Å². The fraction of sp³-hybridized carbons (Fsp3) is 0.400. The minimum Gasteiger partial charge on any atom is -0.324 e. The second-order valence-electron chi connectivity index (χ2n) is 5.51. The van der Waals surface area contributed by atoms with Crippen LogP contribution in [0.5, 0.6) is 0 Å². The van der Waals surface area contributed by atoms with Gasteiger partial charge in [-0.3, -0.25) is 14.5 Å². The van der Waals surface area contributed by atoms with Crippen molar-refractivity contribution in [3.8, 4) is 0 Å². The van der Waals surface area contributed by atoms with Crippen LogP contribution in [0.15, 0.2) is 18.2 Å². The molecule has 1 N–H and O–H groups in total. The van der Waals surface area contributed by atoms with Crippen LogP contribution in [0.3, 0.4) is 0 Å². The van der Waals surface area contributed by atoms with Gasteiger partial charge in [0.15, 0.2) is 0 Å². The van der Waals surface area contributed by atoms with Crippen LogP contribution in [0.4, 0.5) is 19.3 Å². The minimum atomic E-state index is -0.837. The van der Waals surface area contributed by atoms with E-state index in [1.807, 2.05) is 13.8 Å². The van der Waals surface area contributed by atoms with Gasteiger partial charge in [0.25, 0.3) is 0 Å². The molecule has 0 radical (unpaired) electrons. The minimum absolute atomic E-state index is 0.0786. The highest BCUT2D eigenvalue weighted by atomic mass is 19.1. The first-order chi connectivity index (χ1) is 10.8. The molecule has 1 heterocycles. The van der Waals surface area contributed by atoms with Gasteiger partial charge < -0.3 is 10.2 Å². The van der Waals surface area contributed by atoms with Gasteiger partial charge in [-0.25, -0.2) is 13.6 Å². The molecule has 0 unspecified atom stereocenters. The lowest BCUT2D eigenvalue weighted by Crippen LogP contribution is -2.56. The van der Waals surface area contributed by atoms with E-state index in [9.17, 15) is 23.2 Å². The Bertz CT molecular complexity index is 629. The van der Waals surface area contributed by atoms with Crippen LogP contribution in [-0.2, 0) is 9.59 Å². The van der Waals surface area contributed by atoms with Crippen molar-refractivity contribution in [2.24, 2.45) is 0 Å². The lowest BCUT2D eigenvalue weighted by Gasteiger charge is -2.36. The lowest BCUT2D eigenvalue weighted by atomic mass is 10.2. The van der Waals surface area contributed by atoms with Crippen LogP contribution < -0.4 is 5.32 Å². The highest BCUT2D eigenvalue weighted by Crippen LogP contribution is 2.15. The van der Waals surface area contributed by atoms with E-state index in [2.05, 4.69) is 5.32 Å². The van der Waals surface area contributed by atoms with Crippen molar-refractivity contribution < 1.29 is 23.2 Å². The normalized spacial score (nSPS) is 15.3. The van der Waals surface area contributed by atoms with Crippen LogP contribution in [0, 0.1) is 11.6 Å². The fourth-order valence-electron chi connectivity index (χ4n) is 2.31. The van der Waals surface area contributed by atoms with E-state index in [-0.39, 0.29) is 18.2 Å². The zero-order valence-electron chi connectivity index (χ0n) is 12.8. The standard InChI is InChI=1S/C15H17F2N3O3/c1-9(2)19-4-3-14(22)20(15(19)23)8-13(21)18-12-6-10(16)5-11(17)7-12/h5-7,9H,3-4,8H2,1-2H3,(H,18,21). The first-order valence-electron chi connectivity index (χ1n) is 7.15. The summed E-state index contributed by atoms with van der Waals surface area (Å²) < 4.78 is 26.2. The van der Waals surface area contributed by atoms with Gasteiger partial charge in [-0.2, -0.15) is 0 Å². The van der Waals surface area contributed by atoms with Crippen molar-refractivity contribution in [3.63, 3.8) is 0 Å². The zero-order valence-corrected chi connectivity index (χ0v) is 12.8. The average Bonchev–Trinajstić information content (AvgIpc) is 2.41. The van der Waals surface area contributed by atoms with Crippen LogP contribution in [-0.4, -0.2) is 46.8 Å². The Balaban J connectivity index is 2.06. The number of benzene rings is 1. The van der Waals surface area contributed by atoms with Gasteiger partial charge in [0.05, 0.1) is 0 Å². The maximum absolute atomic E-state index is 13.1. The molecule has 124 valence electrons. The first-order valence-corrected chi connectivity index (χ1v) is 7.15. The summed E-state index contributed by atoms with van der Waals surface area (Å²) in [5.41, 5.74) is -0.0786. The molecule has 1 aromatic rings. The monoisotopic (exact) mass is 325 g/mol. The van der Waals surface area contributed by atoms with Gasteiger partial charge >= 0.3 is 6.03 Å². The second kappa shape index (κ2) is 6.72. The van der Waals surface area contributed by atoms with E-state index in [1.54, 1.807) is 0 Å². The number of carbonyl (C=O) groups is 3. The predicted octanol–water partition coefficient (Wildman–Crippen LogP) is 1.97. The molecule has 23 heavy (non-hydrogen) atoms. The largest absolute Gasteiger partial charge is 0.327 e. The summed E-state index contributed by atoms with van der Waals surface area (Å²) in [4.78, 5) is 38.3. The number of anilines is 1. The Hall–Kier alpha value is -2.51. The number of hydrogen-bond acceptors (Lipinski definition) is 3. The van der Waals surface area contributed by atoms with Crippen LogP contribution >= 0.6 is 0 Å². The molecule has 0 bridgehead atoms. The summed E-state index contributed by atoms with van der Waals surface area (Å²) in [5, 5.41) is 2.27. The number of hydrogen-bond donors (Lipinski definition) is 1. The Morgan fingerprint density at radius 1 is 1.22 bits per heavy atom. The van der Waals surface area contributed by atoms with Gasteiger partial charge in [0.2, 0.25) is 11.8 Å². The van der Waals surface area contributed by atoms with Gasteiger partial charge in [0, 0.05) is 30.8 Å². The van der Waals surface area contributed by atoms with Gasteiger partial charge in [0.1, 0.15) is 18.2 Å². The van der Waals surface area contributed by atoms with Crippen molar-refractivity contribution in [2.75, 3.05) is 18.4 Å². The number of carbonyl (C=O) groups excluding carboxylic acids is 3. The molecule has 0 saturated carbocycles. The zero-order chi connectivity index (χ0) is 17.1. The molecule has 0 aliphatic carbocycles. The van der Waals surface area contributed by atoms with Gasteiger partial charge in [-0.1, -0.05) is 0 Å². The molecule has 6 nitrogen and oxygen atoms in total. The molecule has 1 fully saturated rings. The third kappa shape index (κ3) is 4.02. The molecule has 0 spiro atoms. The molecular formula is C15H17F2N3O3. The summed E-state index contributed by atoms with van der Waals surface area (Å²) >= 11 is 0. The molecule has 1 aliphatic heterocycles. The Morgan fingerprint density at radius 2 is 1.83 bits per heavy atom. The number of halogens is 2. The molecule has 8 heteroatoms. The third-order valence-corrected chi connectivity index (χ3v) is 3.42. The Labute approximate surface area is 132 Å². The SMILES string of the molecule is CC(C)N1CCC(=O)N(CC(=O)Nc2cc(F)cc(F)c2)C1=O. The molecule has 2 rings (SSSR count). The topological polar surface area (TPSA) is 69.7 Å². The Kier molecular flexibility index (Phi) is 4.92. The van der Waals surface area contributed by atoms with Crippen LogP contribution in [0.1, 0.15) is 20.3 Å². The number of rotatable bonds is 4. The van der Waals surface area contributed by atoms with Crippen LogP contribution in [0.2, 0.25) is 0 Å². The van der Waals surface area contributed by atoms with E-state index in [4.69, 9.17) is 0 Å². The van der Waals surface area contributed by atoms with Crippen LogP contribution in [0.25, 0.3) is 0 Å². The average molecular weight is 325 g/mol. The quantitative estimate of drug-likeness (QED) is 0.920. The maximum atomic E-state index is 13.1. The van der Waals surface area contributed by atoms with E-state index in [1.165, 1.54) is 4.90 Å².